The van der Waals surface area contributed by atoms with E-state index in [1.54, 1.807) is 24.3 Å². The Hall–Kier alpha value is -3.19. The lowest BCUT2D eigenvalue weighted by Crippen LogP contribution is -2.63. The Bertz CT molecular complexity index is 1670. The number of rotatable bonds is 8. The van der Waals surface area contributed by atoms with Crippen LogP contribution in [0.25, 0.3) is 0 Å². The lowest BCUT2D eigenvalue weighted by Gasteiger charge is -2.69. The summed E-state index contributed by atoms with van der Waals surface area (Å²) in [4.78, 5) is 38.5. The topological polar surface area (TPSA) is 116 Å². The molecule has 7 heteroatoms. The van der Waals surface area contributed by atoms with Crippen LogP contribution in [-0.2, 0) is 17.8 Å². The minimum Gasteiger partial charge on any atom is -0.478 e. The normalized spacial score (nSPS) is 36.5. The first-order valence-corrected chi connectivity index (χ1v) is 19.9. The highest BCUT2D eigenvalue weighted by Gasteiger charge is 2.67. The Labute approximate surface area is 304 Å². The van der Waals surface area contributed by atoms with Gasteiger partial charge in [-0.1, -0.05) is 58.4 Å². The standard InChI is InChI=1S/C44H60N2O5/c1-27-8-9-28(25-32(27)38(48)46-26-29-10-12-30(13-11-29)39(49)50)19-24-45-40(51)44-20-6-7-34(44)31-14-15-36-42(4,33(31)16-23-44)21-17-35-41(2,3)37(47)18-22-43(35,36)5/h8-13,25,31,33-37,47H,6-7,14-24,26H2,1-5H3,(H,45,51)(H,46,48)(H,49,50). The molecule has 0 heterocycles. The van der Waals surface area contributed by atoms with Gasteiger partial charge < -0.3 is 20.8 Å². The van der Waals surface area contributed by atoms with Gasteiger partial charge in [-0.2, -0.15) is 0 Å². The highest BCUT2D eigenvalue weighted by molar-refractivity contribution is 5.95. The van der Waals surface area contributed by atoms with Crippen LogP contribution in [0.3, 0.4) is 0 Å². The Morgan fingerprint density at radius 3 is 2.24 bits per heavy atom. The van der Waals surface area contributed by atoms with Crippen LogP contribution >= 0.6 is 0 Å². The molecule has 9 unspecified atom stereocenters. The van der Waals surface area contributed by atoms with Crippen LogP contribution in [0.1, 0.15) is 136 Å². The van der Waals surface area contributed by atoms with Gasteiger partial charge in [-0.15, -0.1) is 0 Å². The third-order valence-electron chi connectivity index (χ3n) is 15.8. The second-order valence-electron chi connectivity index (χ2n) is 18.4. The summed E-state index contributed by atoms with van der Waals surface area (Å²) in [5, 5.41) is 26.5. The van der Waals surface area contributed by atoms with Crippen molar-refractivity contribution in [1.29, 1.82) is 0 Å². The highest BCUT2D eigenvalue weighted by atomic mass is 16.4. The van der Waals surface area contributed by atoms with Gasteiger partial charge in [-0.25, -0.2) is 4.79 Å². The van der Waals surface area contributed by atoms with Gasteiger partial charge in [-0.05, 0) is 158 Å². The summed E-state index contributed by atoms with van der Waals surface area (Å²) in [6.45, 7) is 12.7. The Balaban J connectivity index is 0.979. The van der Waals surface area contributed by atoms with Crippen molar-refractivity contribution in [3.8, 4) is 0 Å². The molecule has 5 aliphatic rings. The number of hydrogen-bond acceptors (Lipinski definition) is 4. The number of aromatic carboxylic acids is 1. The van der Waals surface area contributed by atoms with E-state index in [2.05, 4.69) is 38.3 Å². The number of amides is 2. The number of benzene rings is 2. The molecule has 0 saturated heterocycles. The molecular formula is C44H60N2O5. The van der Waals surface area contributed by atoms with Crippen molar-refractivity contribution in [3.05, 3.63) is 70.3 Å². The fraction of sp³-hybridized carbons (Fsp3) is 0.659. The van der Waals surface area contributed by atoms with Gasteiger partial charge in [0.25, 0.3) is 5.91 Å². The van der Waals surface area contributed by atoms with Crippen LogP contribution in [0.2, 0.25) is 0 Å². The molecule has 5 saturated carbocycles. The van der Waals surface area contributed by atoms with E-state index in [0.29, 0.717) is 60.1 Å². The second-order valence-corrected chi connectivity index (χ2v) is 18.4. The van der Waals surface area contributed by atoms with Crippen LogP contribution in [-0.4, -0.2) is 40.6 Å². The number of fused-ring (bicyclic) bond motifs is 7. The van der Waals surface area contributed by atoms with Crippen LogP contribution in [0.5, 0.6) is 0 Å². The van der Waals surface area contributed by atoms with E-state index in [4.69, 9.17) is 5.11 Å². The predicted octanol–water partition coefficient (Wildman–Crippen LogP) is 8.11. The lowest BCUT2D eigenvalue weighted by molar-refractivity contribution is -0.214. The quantitative estimate of drug-likeness (QED) is 0.223. The average molecular weight is 697 g/mol. The number of carboxylic acid groups (broad SMARTS) is 1. The number of hydrogen-bond donors (Lipinski definition) is 4. The van der Waals surface area contributed by atoms with E-state index in [0.717, 1.165) is 55.2 Å². The molecule has 2 aromatic carbocycles. The molecule has 2 amide bonds. The van der Waals surface area contributed by atoms with Gasteiger partial charge in [0.15, 0.2) is 0 Å². The zero-order valence-electron chi connectivity index (χ0n) is 31.5. The maximum Gasteiger partial charge on any atom is 0.335 e. The average Bonchev–Trinajstić information content (AvgIpc) is 3.56. The number of carbonyl (C=O) groups excluding carboxylic acids is 2. The Morgan fingerprint density at radius 2 is 1.49 bits per heavy atom. The molecule has 51 heavy (non-hydrogen) atoms. The van der Waals surface area contributed by atoms with Crippen LogP contribution in [0, 0.1) is 58.2 Å². The fourth-order valence-corrected chi connectivity index (χ4v) is 13.2. The smallest absolute Gasteiger partial charge is 0.335 e. The molecule has 276 valence electrons. The first-order valence-electron chi connectivity index (χ1n) is 19.9. The first kappa shape index (κ1) is 36.2. The van der Waals surface area contributed by atoms with E-state index in [1.165, 1.54) is 32.1 Å². The summed E-state index contributed by atoms with van der Waals surface area (Å²) in [5.41, 5.74) is 3.92. The summed E-state index contributed by atoms with van der Waals surface area (Å²) >= 11 is 0. The van der Waals surface area contributed by atoms with Crippen molar-refractivity contribution in [2.24, 2.45) is 51.2 Å². The van der Waals surface area contributed by atoms with Gasteiger partial charge >= 0.3 is 5.97 Å². The number of aryl methyl sites for hydroxylation is 1. The van der Waals surface area contributed by atoms with E-state index >= 15 is 0 Å². The van der Waals surface area contributed by atoms with Crippen molar-refractivity contribution in [3.63, 3.8) is 0 Å². The number of aliphatic hydroxyl groups excluding tert-OH is 1. The fourth-order valence-electron chi connectivity index (χ4n) is 13.2. The molecule has 0 bridgehead atoms. The molecule has 2 aromatic rings. The molecule has 7 nitrogen and oxygen atoms in total. The van der Waals surface area contributed by atoms with Crippen molar-refractivity contribution in [2.45, 2.75) is 124 Å². The summed E-state index contributed by atoms with van der Waals surface area (Å²) < 4.78 is 0. The van der Waals surface area contributed by atoms with Crippen molar-refractivity contribution >= 4 is 17.8 Å². The van der Waals surface area contributed by atoms with Gasteiger partial charge in [0, 0.05) is 18.7 Å². The van der Waals surface area contributed by atoms with Gasteiger partial charge in [0.2, 0.25) is 5.91 Å². The van der Waals surface area contributed by atoms with Gasteiger partial charge in [0.05, 0.1) is 17.1 Å². The second kappa shape index (κ2) is 13.3. The third-order valence-corrected chi connectivity index (χ3v) is 15.8. The molecular weight excluding hydrogens is 636 g/mol. The molecule has 5 fully saturated rings. The predicted molar refractivity (Wildman–Crippen MR) is 199 cm³/mol. The monoisotopic (exact) mass is 696 g/mol. The van der Waals surface area contributed by atoms with E-state index in [9.17, 15) is 19.5 Å². The number of carbonyl (C=O) groups is 3. The molecule has 0 radical (unpaired) electrons. The van der Waals surface area contributed by atoms with Crippen LogP contribution < -0.4 is 10.6 Å². The van der Waals surface area contributed by atoms with Crippen molar-refractivity contribution in [1.82, 2.24) is 10.6 Å². The maximum atomic E-state index is 14.2. The summed E-state index contributed by atoms with van der Waals surface area (Å²) in [6.07, 6.45) is 13.0. The van der Waals surface area contributed by atoms with Gasteiger partial charge in [0.1, 0.15) is 0 Å². The minimum atomic E-state index is -0.973. The molecule has 5 aliphatic carbocycles. The number of carboxylic acids is 1. The summed E-state index contributed by atoms with van der Waals surface area (Å²) in [5.74, 6) is 2.18. The van der Waals surface area contributed by atoms with E-state index < -0.39 is 5.97 Å². The van der Waals surface area contributed by atoms with E-state index in [1.807, 2.05) is 25.1 Å². The largest absolute Gasteiger partial charge is 0.478 e. The Kier molecular flexibility index (Phi) is 9.46. The SMILES string of the molecule is Cc1ccc(CCNC(=O)C23CCCC2C2CCC4C(C)(CCC5C(C)(C)C(O)CCC54C)C2CC3)cc1C(=O)NCc1ccc(C(=O)O)cc1. The van der Waals surface area contributed by atoms with Crippen molar-refractivity contribution < 1.29 is 24.6 Å². The maximum absolute atomic E-state index is 14.2. The lowest BCUT2D eigenvalue weighted by atomic mass is 9.36. The third kappa shape index (κ3) is 6.03. The molecule has 7 rings (SSSR count). The van der Waals surface area contributed by atoms with Crippen LogP contribution in [0.4, 0.5) is 0 Å². The van der Waals surface area contributed by atoms with Crippen LogP contribution in [0.15, 0.2) is 42.5 Å². The van der Waals surface area contributed by atoms with E-state index in [-0.39, 0.29) is 39.7 Å². The number of aliphatic hydroxyl groups is 1. The Morgan fingerprint density at radius 1 is 0.765 bits per heavy atom. The molecule has 0 aliphatic heterocycles. The summed E-state index contributed by atoms with van der Waals surface area (Å²) in [6, 6.07) is 12.5. The molecule has 0 aromatic heterocycles. The first-order chi connectivity index (χ1) is 24.2. The number of nitrogens with one attached hydrogen (secondary N) is 2. The molecule has 0 spiro atoms. The zero-order chi connectivity index (χ0) is 36.3. The molecule has 4 N–H and O–H groups in total. The zero-order valence-corrected chi connectivity index (χ0v) is 31.5. The highest BCUT2D eigenvalue weighted by Crippen LogP contribution is 2.73. The summed E-state index contributed by atoms with van der Waals surface area (Å²) in [7, 11) is 0. The minimum absolute atomic E-state index is 0.0255. The van der Waals surface area contributed by atoms with Crippen molar-refractivity contribution in [2.75, 3.05) is 6.54 Å². The molecule has 9 atom stereocenters. The van der Waals surface area contributed by atoms with Gasteiger partial charge in [-0.3, -0.25) is 9.59 Å².